The van der Waals surface area contributed by atoms with Crippen molar-refractivity contribution < 1.29 is 9.47 Å². The summed E-state index contributed by atoms with van der Waals surface area (Å²) in [6.45, 7) is 6.45. The van der Waals surface area contributed by atoms with E-state index in [1.165, 1.54) is 0 Å². The van der Waals surface area contributed by atoms with Crippen LogP contribution in [0.4, 0.5) is 0 Å². The first-order valence-corrected chi connectivity index (χ1v) is 6.79. The van der Waals surface area contributed by atoms with Gasteiger partial charge in [-0.15, -0.1) is 0 Å². The summed E-state index contributed by atoms with van der Waals surface area (Å²) in [6.07, 6.45) is 3.32. The Labute approximate surface area is 104 Å². The van der Waals surface area contributed by atoms with E-state index in [-0.39, 0.29) is 5.54 Å². The van der Waals surface area contributed by atoms with Crippen molar-refractivity contribution in [2.75, 3.05) is 40.0 Å². The predicted molar refractivity (Wildman–Crippen MR) is 68.0 cm³/mol. The van der Waals surface area contributed by atoms with Crippen molar-refractivity contribution in [1.29, 1.82) is 0 Å². The van der Waals surface area contributed by atoms with E-state index >= 15 is 0 Å². The zero-order valence-electron chi connectivity index (χ0n) is 11.2. The van der Waals surface area contributed by atoms with Gasteiger partial charge in [-0.05, 0) is 32.2 Å². The van der Waals surface area contributed by atoms with Gasteiger partial charge < -0.3 is 15.2 Å². The summed E-state index contributed by atoms with van der Waals surface area (Å²) in [5, 5.41) is 0. The summed E-state index contributed by atoms with van der Waals surface area (Å²) < 4.78 is 11.0. The molecule has 0 bridgehead atoms. The molecule has 0 aliphatic carbocycles. The lowest BCUT2D eigenvalue weighted by Crippen LogP contribution is -2.63. The van der Waals surface area contributed by atoms with Crippen molar-refractivity contribution in [2.24, 2.45) is 11.7 Å². The molecule has 2 fully saturated rings. The van der Waals surface area contributed by atoms with Crippen molar-refractivity contribution >= 4 is 0 Å². The Kier molecular flexibility index (Phi) is 4.42. The second-order valence-electron chi connectivity index (χ2n) is 5.49. The predicted octanol–water partition coefficient (Wildman–Crippen LogP) is 0.851. The third-order valence-corrected chi connectivity index (χ3v) is 4.76. The number of nitrogens with zero attached hydrogens (tertiary/aromatic N) is 1. The minimum Gasteiger partial charge on any atom is -0.381 e. The zero-order valence-corrected chi connectivity index (χ0v) is 11.2. The fourth-order valence-electron chi connectivity index (χ4n) is 3.32. The van der Waals surface area contributed by atoms with Gasteiger partial charge in [0.15, 0.2) is 0 Å². The van der Waals surface area contributed by atoms with Crippen LogP contribution in [0.2, 0.25) is 0 Å². The van der Waals surface area contributed by atoms with Gasteiger partial charge in [-0.2, -0.15) is 0 Å². The quantitative estimate of drug-likeness (QED) is 0.797. The van der Waals surface area contributed by atoms with Gasteiger partial charge in [0.05, 0.1) is 6.61 Å². The molecule has 2 unspecified atom stereocenters. The molecule has 2 rings (SSSR count). The summed E-state index contributed by atoms with van der Waals surface area (Å²) in [4.78, 5) is 2.53. The van der Waals surface area contributed by atoms with Gasteiger partial charge in [0.2, 0.25) is 0 Å². The number of rotatable bonds is 3. The Bertz CT molecular complexity index is 244. The Balaban J connectivity index is 2.09. The average Bonchev–Trinajstić information content (AvgIpc) is 2.40. The first kappa shape index (κ1) is 13.3. The number of hydrogen-bond donors (Lipinski definition) is 1. The van der Waals surface area contributed by atoms with Crippen molar-refractivity contribution in [3.8, 4) is 0 Å². The fourth-order valence-corrected chi connectivity index (χ4v) is 3.32. The number of likely N-dealkylation sites (N-methyl/N-ethyl adjacent to an activating group) is 1. The van der Waals surface area contributed by atoms with E-state index in [0.29, 0.717) is 12.0 Å². The van der Waals surface area contributed by atoms with Crippen LogP contribution in [0.25, 0.3) is 0 Å². The molecule has 2 atom stereocenters. The number of nitrogens with two attached hydrogens (primary N) is 1. The summed E-state index contributed by atoms with van der Waals surface area (Å²) in [5.74, 6) is 0.508. The lowest BCUT2D eigenvalue weighted by atomic mass is 9.78. The Morgan fingerprint density at radius 3 is 2.53 bits per heavy atom. The fraction of sp³-hybridized carbons (Fsp3) is 1.00. The summed E-state index contributed by atoms with van der Waals surface area (Å²) in [5.41, 5.74) is 6.23. The van der Waals surface area contributed by atoms with Gasteiger partial charge in [-0.25, -0.2) is 0 Å². The number of hydrogen-bond acceptors (Lipinski definition) is 4. The monoisotopic (exact) mass is 242 g/mol. The highest BCUT2D eigenvalue weighted by atomic mass is 16.5. The molecule has 2 aliphatic rings. The highest BCUT2D eigenvalue weighted by Gasteiger charge is 2.43. The SMILES string of the molecule is CC1COCCC1(CN)N(C)C1CCOCC1. The molecule has 2 saturated heterocycles. The van der Waals surface area contributed by atoms with Gasteiger partial charge in [-0.3, -0.25) is 4.90 Å². The molecule has 2 heterocycles. The van der Waals surface area contributed by atoms with Gasteiger partial charge in [0.1, 0.15) is 0 Å². The zero-order chi connectivity index (χ0) is 12.3. The summed E-state index contributed by atoms with van der Waals surface area (Å²) in [7, 11) is 2.24. The van der Waals surface area contributed by atoms with Crippen LogP contribution in [-0.4, -0.2) is 56.5 Å². The Hall–Kier alpha value is -0.160. The first-order valence-electron chi connectivity index (χ1n) is 6.79. The molecule has 0 aromatic carbocycles. The minimum absolute atomic E-state index is 0.125. The molecule has 2 aliphatic heterocycles. The molecular formula is C13H26N2O2. The molecule has 4 heteroatoms. The highest BCUT2D eigenvalue weighted by molar-refractivity contribution is 4.99. The van der Waals surface area contributed by atoms with Crippen molar-refractivity contribution in [2.45, 2.75) is 37.8 Å². The Morgan fingerprint density at radius 2 is 1.94 bits per heavy atom. The van der Waals surface area contributed by atoms with E-state index in [4.69, 9.17) is 15.2 Å². The average molecular weight is 242 g/mol. The molecule has 4 nitrogen and oxygen atoms in total. The van der Waals surface area contributed by atoms with Crippen LogP contribution in [0.15, 0.2) is 0 Å². The van der Waals surface area contributed by atoms with Crippen LogP contribution in [0.3, 0.4) is 0 Å². The van der Waals surface area contributed by atoms with E-state index in [9.17, 15) is 0 Å². The lowest BCUT2D eigenvalue weighted by Gasteiger charge is -2.51. The van der Waals surface area contributed by atoms with E-state index in [2.05, 4.69) is 18.9 Å². The molecule has 100 valence electrons. The molecule has 0 radical (unpaired) electrons. The lowest BCUT2D eigenvalue weighted by molar-refractivity contribution is -0.0866. The largest absolute Gasteiger partial charge is 0.381 e. The van der Waals surface area contributed by atoms with E-state index in [1.807, 2.05) is 0 Å². The second kappa shape index (κ2) is 5.65. The van der Waals surface area contributed by atoms with E-state index in [1.54, 1.807) is 0 Å². The minimum atomic E-state index is 0.125. The maximum Gasteiger partial charge on any atom is 0.0509 e. The standard InChI is InChI=1S/C13H26N2O2/c1-11-9-17-8-5-13(11,10-14)15(2)12-3-6-16-7-4-12/h11-12H,3-10,14H2,1-2H3. The summed E-state index contributed by atoms with van der Waals surface area (Å²) >= 11 is 0. The van der Waals surface area contributed by atoms with Crippen LogP contribution in [0, 0.1) is 5.92 Å². The van der Waals surface area contributed by atoms with Crippen molar-refractivity contribution in [3.05, 3.63) is 0 Å². The Morgan fingerprint density at radius 1 is 1.24 bits per heavy atom. The van der Waals surface area contributed by atoms with Gasteiger partial charge in [0, 0.05) is 37.9 Å². The smallest absolute Gasteiger partial charge is 0.0509 e. The molecule has 0 amide bonds. The maximum absolute atomic E-state index is 6.11. The molecule has 2 N–H and O–H groups in total. The molecule has 0 aromatic heterocycles. The third-order valence-electron chi connectivity index (χ3n) is 4.76. The maximum atomic E-state index is 6.11. The molecule has 0 saturated carbocycles. The van der Waals surface area contributed by atoms with E-state index < -0.39 is 0 Å². The van der Waals surface area contributed by atoms with Crippen molar-refractivity contribution in [3.63, 3.8) is 0 Å². The normalized spacial score (nSPS) is 36.4. The third kappa shape index (κ3) is 2.50. The number of ether oxygens (including phenoxy) is 2. The van der Waals surface area contributed by atoms with Crippen molar-refractivity contribution in [1.82, 2.24) is 4.90 Å². The summed E-state index contributed by atoms with van der Waals surface area (Å²) in [6, 6.07) is 0.618. The van der Waals surface area contributed by atoms with Crippen LogP contribution < -0.4 is 5.73 Å². The van der Waals surface area contributed by atoms with Crippen LogP contribution in [0.1, 0.15) is 26.2 Å². The first-order chi connectivity index (χ1) is 8.20. The van der Waals surface area contributed by atoms with E-state index in [0.717, 1.165) is 52.2 Å². The molecule has 0 spiro atoms. The van der Waals surface area contributed by atoms with Gasteiger partial charge in [-0.1, -0.05) is 6.92 Å². The van der Waals surface area contributed by atoms with Gasteiger partial charge >= 0.3 is 0 Å². The van der Waals surface area contributed by atoms with Crippen LogP contribution in [-0.2, 0) is 9.47 Å². The van der Waals surface area contributed by atoms with Crippen LogP contribution >= 0.6 is 0 Å². The van der Waals surface area contributed by atoms with Crippen LogP contribution in [0.5, 0.6) is 0 Å². The molecular weight excluding hydrogens is 216 g/mol. The molecule has 0 aromatic rings. The molecule has 17 heavy (non-hydrogen) atoms. The second-order valence-corrected chi connectivity index (χ2v) is 5.49. The van der Waals surface area contributed by atoms with Gasteiger partial charge in [0.25, 0.3) is 0 Å². The highest BCUT2D eigenvalue weighted by Crippen LogP contribution is 2.34. The topological polar surface area (TPSA) is 47.7 Å².